The first-order valence-corrected chi connectivity index (χ1v) is 6.85. The molecule has 0 aliphatic heterocycles. The first-order valence-electron chi connectivity index (χ1n) is 5.34. The van der Waals surface area contributed by atoms with E-state index in [4.69, 9.17) is 46.4 Å². The minimum absolute atomic E-state index is 0.452. The Morgan fingerprint density at radius 2 is 1.74 bits per heavy atom. The summed E-state index contributed by atoms with van der Waals surface area (Å²) in [6.07, 6.45) is 1.57. The topological polar surface area (TPSA) is 28.7 Å². The lowest BCUT2D eigenvalue weighted by Gasteiger charge is -2.10. The van der Waals surface area contributed by atoms with E-state index in [1.165, 1.54) is 0 Å². The average molecular weight is 332 g/mol. The van der Waals surface area contributed by atoms with Gasteiger partial charge in [0.2, 0.25) is 0 Å². The molecule has 6 heteroatoms. The smallest absolute Gasteiger partial charge is 0.108 e. The number of fused-ring (bicyclic) bond motifs is 1. The molecule has 2 nitrogen and oxygen atoms in total. The van der Waals surface area contributed by atoms with Crippen LogP contribution in [0.4, 0.5) is 0 Å². The fourth-order valence-electron chi connectivity index (χ4n) is 1.95. The molecule has 0 atom stereocenters. The Balaban J connectivity index is 2.38. The van der Waals surface area contributed by atoms with Gasteiger partial charge in [0.1, 0.15) is 5.52 Å². The first-order chi connectivity index (χ1) is 9.08. The predicted molar refractivity (Wildman–Crippen MR) is 81.6 cm³/mol. The second kappa shape index (κ2) is 4.88. The first kappa shape index (κ1) is 13.1. The summed E-state index contributed by atoms with van der Waals surface area (Å²) >= 11 is 24.9. The molecule has 0 aliphatic carbocycles. The lowest BCUT2D eigenvalue weighted by atomic mass is 10.0. The van der Waals surface area contributed by atoms with Gasteiger partial charge in [0.25, 0.3) is 0 Å². The van der Waals surface area contributed by atoms with Gasteiger partial charge in [-0.25, -0.2) is 4.98 Å². The van der Waals surface area contributed by atoms with Crippen molar-refractivity contribution < 1.29 is 0 Å². The van der Waals surface area contributed by atoms with Crippen molar-refractivity contribution >= 4 is 57.4 Å². The third kappa shape index (κ3) is 2.19. The van der Waals surface area contributed by atoms with Gasteiger partial charge in [-0.3, -0.25) is 0 Å². The maximum Gasteiger partial charge on any atom is 0.108 e. The number of hydrogen-bond donors (Lipinski definition) is 1. The summed E-state index contributed by atoms with van der Waals surface area (Å²) in [4.78, 5) is 7.14. The van der Waals surface area contributed by atoms with Crippen LogP contribution < -0.4 is 0 Å². The Morgan fingerprint density at radius 1 is 0.947 bits per heavy atom. The maximum absolute atomic E-state index is 6.38. The highest BCUT2D eigenvalue weighted by molar-refractivity contribution is 6.44. The number of rotatable bonds is 1. The van der Waals surface area contributed by atoms with E-state index in [1.54, 1.807) is 30.6 Å². The number of aromatic nitrogens is 2. The highest BCUT2D eigenvalue weighted by atomic mass is 35.5. The Bertz CT molecular complexity index is 780. The van der Waals surface area contributed by atoms with Crippen molar-refractivity contribution in [2.75, 3.05) is 0 Å². The minimum Gasteiger partial charge on any atom is -0.345 e. The lowest BCUT2D eigenvalue weighted by Crippen LogP contribution is -1.86. The van der Waals surface area contributed by atoms with Crippen LogP contribution >= 0.6 is 46.4 Å². The molecule has 96 valence electrons. The van der Waals surface area contributed by atoms with Crippen LogP contribution in [0.3, 0.4) is 0 Å². The van der Waals surface area contributed by atoms with Crippen molar-refractivity contribution in [3.63, 3.8) is 0 Å². The number of H-pyrrole nitrogens is 1. The fraction of sp³-hybridized carbons (Fsp3) is 0. The molecule has 0 saturated heterocycles. The van der Waals surface area contributed by atoms with Crippen LogP contribution in [0.2, 0.25) is 20.1 Å². The monoisotopic (exact) mass is 330 g/mol. The van der Waals surface area contributed by atoms with Crippen molar-refractivity contribution in [1.29, 1.82) is 0 Å². The van der Waals surface area contributed by atoms with E-state index in [2.05, 4.69) is 9.97 Å². The van der Waals surface area contributed by atoms with Gasteiger partial charge in [0.15, 0.2) is 0 Å². The third-order valence-corrected chi connectivity index (χ3v) is 4.03. The Kier molecular flexibility index (Phi) is 3.35. The van der Waals surface area contributed by atoms with Crippen LogP contribution in [0.5, 0.6) is 0 Å². The molecule has 0 radical (unpaired) electrons. The van der Waals surface area contributed by atoms with Gasteiger partial charge in [-0.15, -0.1) is 0 Å². The summed E-state index contributed by atoms with van der Waals surface area (Å²) in [7, 11) is 0. The van der Waals surface area contributed by atoms with E-state index in [0.29, 0.717) is 36.7 Å². The summed E-state index contributed by atoms with van der Waals surface area (Å²) in [6.45, 7) is 0. The SMILES string of the molecule is Clc1ccc(Cl)c(-c2c(Cl)cc3[nH]cnc3c2Cl)c1. The number of hydrogen-bond acceptors (Lipinski definition) is 1. The molecule has 0 spiro atoms. The largest absolute Gasteiger partial charge is 0.345 e. The number of aromatic amines is 1. The fourth-order valence-corrected chi connectivity index (χ4v) is 3.04. The zero-order valence-electron chi connectivity index (χ0n) is 9.35. The van der Waals surface area contributed by atoms with Crippen LogP contribution in [-0.2, 0) is 0 Å². The molecule has 3 rings (SSSR count). The van der Waals surface area contributed by atoms with Gasteiger partial charge in [-0.1, -0.05) is 46.4 Å². The van der Waals surface area contributed by atoms with E-state index >= 15 is 0 Å². The molecule has 1 N–H and O–H groups in total. The highest BCUT2D eigenvalue weighted by Crippen LogP contribution is 2.42. The number of halogens is 4. The van der Waals surface area contributed by atoms with Gasteiger partial charge in [0, 0.05) is 21.2 Å². The summed E-state index contributed by atoms with van der Waals surface area (Å²) in [5.41, 5.74) is 2.75. The molecule has 3 aromatic rings. The number of imidazole rings is 1. The van der Waals surface area contributed by atoms with Gasteiger partial charge < -0.3 is 4.98 Å². The second-order valence-corrected chi connectivity index (χ2v) is 5.60. The number of nitrogens with zero attached hydrogens (tertiary/aromatic N) is 1. The molecule has 19 heavy (non-hydrogen) atoms. The van der Waals surface area contributed by atoms with Gasteiger partial charge in [-0.05, 0) is 24.3 Å². The lowest BCUT2D eigenvalue weighted by molar-refractivity contribution is 1.34. The predicted octanol–water partition coefficient (Wildman–Crippen LogP) is 5.84. The molecule has 0 amide bonds. The third-order valence-electron chi connectivity index (χ3n) is 2.80. The van der Waals surface area contributed by atoms with Crippen LogP contribution in [0.1, 0.15) is 0 Å². The molecule has 1 aromatic heterocycles. The van der Waals surface area contributed by atoms with Crippen molar-refractivity contribution in [2.45, 2.75) is 0 Å². The molecule has 0 unspecified atom stereocenters. The number of benzene rings is 2. The molecular formula is C13H6Cl4N2. The summed E-state index contributed by atoms with van der Waals surface area (Å²) in [5, 5.41) is 2.04. The standard InChI is InChI=1S/C13H6Cl4N2/c14-6-1-2-8(15)7(3-6)11-9(16)4-10-13(12(11)17)19-5-18-10/h1-5H,(H,18,19). The normalized spacial score (nSPS) is 11.2. The number of nitrogens with one attached hydrogen (secondary N) is 1. The van der Waals surface area contributed by atoms with E-state index in [9.17, 15) is 0 Å². The molecule has 0 fully saturated rings. The summed E-state index contributed by atoms with van der Waals surface area (Å²) in [5.74, 6) is 0. The zero-order valence-corrected chi connectivity index (χ0v) is 12.4. The quantitative estimate of drug-likeness (QED) is 0.595. The summed E-state index contributed by atoms with van der Waals surface area (Å²) < 4.78 is 0. The van der Waals surface area contributed by atoms with Gasteiger partial charge >= 0.3 is 0 Å². The molecule has 0 bridgehead atoms. The van der Waals surface area contributed by atoms with Crippen LogP contribution in [0.15, 0.2) is 30.6 Å². The van der Waals surface area contributed by atoms with E-state index < -0.39 is 0 Å². The highest BCUT2D eigenvalue weighted by Gasteiger charge is 2.17. The minimum atomic E-state index is 0.452. The molecule has 1 heterocycles. The molecule has 0 saturated carbocycles. The Labute approximate surface area is 129 Å². The Hall–Kier alpha value is -0.930. The second-order valence-electron chi connectivity index (χ2n) is 3.97. The molecular weight excluding hydrogens is 326 g/mol. The van der Waals surface area contributed by atoms with E-state index in [1.807, 2.05) is 0 Å². The van der Waals surface area contributed by atoms with Crippen LogP contribution in [0.25, 0.3) is 22.2 Å². The van der Waals surface area contributed by atoms with Crippen LogP contribution in [0, 0.1) is 0 Å². The van der Waals surface area contributed by atoms with Gasteiger partial charge in [-0.2, -0.15) is 0 Å². The zero-order chi connectivity index (χ0) is 13.6. The molecule has 2 aromatic carbocycles. The van der Waals surface area contributed by atoms with E-state index in [-0.39, 0.29) is 0 Å². The molecule has 0 aliphatic rings. The van der Waals surface area contributed by atoms with Crippen molar-refractivity contribution in [3.05, 3.63) is 50.7 Å². The van der Waals surface area contributed by atoms with Crippen molar-refractivity contribution in [2.24, 2.45) is 0 Å². The maximum atomic E-state index is 6.38. The van der Waals surface area contributed by atoms with Crippen molar-refractivity contribution in [3.8, 4) is 11.1 Å². The van der Waals surface area contributed by atoms with Crippen molar-refractivity contribution in [1.82, 2.24) is 9.97 Å². The van der Waals surface area contributed by atoms with E-state index in [0.717, 1.165) is 5.52 Å². The Morgan fingerprint density at radius 3 is 2.53 bits per heavy atom. The van der Waals surface area contributed by atoms with Crippen LogP contribution in [-0.4, -0.2) is 9.97 Å². The summed E-state index contributed by atoms with van der Waals surface area (Å²) in [6, 6.07) is 6.92. The average Bonchev–Trinajstić information content (AvgIpc) is 2.82. The van der Waals surface area contributed by atoms with Gasteiger partial charge in [0.05, 0.1) is 21.9 Å².